The van der Waals surface area contributed by atoms with Gasteiger partial charge in [0.2, 0.25) is 0 Å². The van der Waals surface area contributed by atoms with Crippen LogP contribution in [-0.4, -0.2) is 105 Å². The first-order valence-corrected chi connectivity index (χ1v) is 39.2. The molecule has 12 aromatic heterocycles. The van der Waals surface area contributed by atoms with Gasteiger partial charge >= 0.3 is 0 Å². The van der Waals surface area contributed by atoms with E-state index >= 15 is 0 Å². The molecule has 0 saturated carbocycles. The van der Waals surface area contributed by atoms with Gasteiger partial charge in [0.05, 0.1) is 83.0 Å². The SMILES string of the molecule is Cc1cc(-c2cnc(NCc3c(F)ccc4c3CCO4)c3cccnc23)n(C)n1.Cc1cc(-c2cnc(NCc3c(F)ccc4c3CCO4)c3cnc(N)cc23)n(C)n1.Cc1cc2c(-c3cc(C)nn3C)cnc(NCc3c(F)ccc4c3CCO4)c2cn1.Cc1ccc2c(NCc3c(F)ccc4c3CCO4)ncc(-c3cc(C)nn3C)c2n1. The molecule has 16 aromatic rings. The first-order valence-electron chi connectivity index (χ1n) is 39.2. The van der Waals surface area contributed by atoms with E-state index in [4.69, 9.17) is 29.7 Å². The minimum Gasteiger partial charge on any atom is -0.493 e. The van der Waals surface area contributed by atoms with Crippen LogP contribution in [-0.2, 0) is 80.1 Å². The smallest absolute Gasteiger partial charge is 0.135 e. The third-order valence-corrected chi connectivity index (χ3v) is 21.8. The molecular weight excluding hydrogens is 1520 g/mol. The molecule has 29 heteroatoms. The normalized spacial score (nSPS) is 12.8. The molecule has 602 valence electrons. The number of nitrogens with zero attached hydrogens (tertiary/aromatic N) is 16. The lowest BCUT2D eigenvalue weighted by atomic mass is 10.0. The lowest BCUT2D eigenvalue weighted by molar-refractivity contribution is 0.356. The van der Waals surface area contributed by atoms with E-state index in [9.17, 15) is 17.6 Å². The van der Waals surface area contributed by atoms with Gasteiger partial charge in [0.1, 0.15) is 75.4 Å². The molecule has 0 radical (unpaired) electrons. The molecule has 4 aliphatic heterocycles. The van der Waals surface area contributed by atoms with Gasteiger partial charge in [0.25, 0.3) is 0 Å². The number of nitrogens with one attached hydrogen (secondary N) is 4. The second kappa shape index (κ2) is 32.5. The summed E-state index contributed by atoms with van der Waals surface area (Å²) >= 11 is 0. The van der Waals surface area contributed by atoms with E-state index in [1.165, 1.54) is 24.3 Å². The highest BCUT2D eigenvalue weighted by molar-refractivity contribution is 6.04. The molecule has 16 heterocycles. The number of hydrogen-bond donors (Lipinski definition) is 5. The number of fused-ring (bicyclic) bond motifs is 8. The molecule has 4 aromatic carbocycles. The fraction of sp³-hybridized carbons (Fsp3) is 0.244. The van der Waals surface area contributed by atoms with E-state index in [2.05, 4.69) is 82.6 Å². The van der Waals surface area contributed by atoms with Crippen LogP contribution in [0.4, 0.5) is 46.7 Å². The van der Waals surface area contributed by atoms with Gasteiger partial charge in [-0.1, -0.05) is 0 Å². The summed E-state index contributed by atoms with van der Waals surface area (Å²) in [6, 6.07) is 32.4. The first kappa shape index (κ1) is 77.5. The number of ether oxygens (including phenoxy) is 4. The van der Waals surface area contributed by atoms with E-state index < -0.39 is 0 Å². The molecule has 0 spiro atoms. The number of nitrogens with two attached hydrogens (primary N) is 1. The molecule has 0 aliphatic carbocycles. The molecule has 0 amide bonds. The van der Waals surface area contributed by atoms with Gasteiger partial charge in [-0.2, -0.15) is 20.4 Å². The van der Waals surface area contributed by atoms with Crippen LogP contribution in [0.25, 0.3) is 88.4 Å². The van der Waals surface area contributed by atoms with Crippen molar-refractivity contribution >= 4 is 72.4 Å². The van der Waals surface area contributed by atoms with E-state index in [1.807, 2.05) is 162 Å². The number of aromatic nitrogens is 16. The predicted molar refractivity (Wildman–Crippen MR) is 451 cm³/mol. The minimum atomic E-state index is -0.250. The molecule has 0 atom stereocenters. The van der Waals surface area contributed by atoms with Crippen LogP contribution in [0.5, 0.6) is 23.0 Å². The molecule has 0 unspecified atom stereocenters. The van der Waals surface area contributed by atoms with Crippen molar-refractivity contribution in [1.29, 1.82) is 0 Å². The Morgan fingerprint density at radius 2 is 0.681 bits per heavy atom. The van der Waals surface area contributed by atoms with Gasteiger partial charge in [-0.3, -0.25) is 33.7 Å². The summed E-state index contributed by atoms with van der Waals surface area (Å²) in [4.78, 5) is 36.6. The summed E-state index contributed by atoms with van der Waals surface area (Å²) < 4.78 is 87.6. The number of nitrogen functional groups attached to an aromatic ring is 1. The van der Waals surface area contributed by atoms with Gasteiger partial charge in [0.15, 0.2) is 0 Å². The molecule has 4 aliphatic rings. The second-order valence-corrected chi connectivity index (χ2v) is 29.9. The van der Waals surface area contributed by atoms with Crippen molar-refractivity contribution in [1.82, 2.24) is 79.0 Å². The maximum Gasteiger partial charge on any atom is 0.135 e. The van der Waals surface area contributed by atoms with Crippen LogP contribution in [0.15, 0.2) is 153 Å². The maximum atomic E-state index is 14.5. The van der Waals surface area contributed by atoms with Crippen molar-refractivity contribution in [3.8, 4) is 68.0 Å². The van der Waals surface area contributed by atoms with Crippen molar-refractivity contribution in [2.75, 3.05) is 53.4 Å². The lowest BCUT2D eigenvalue weighted by Crippen LogP contribution is -2.07. The van der Waals surface area contributed by atoms with Crippen LogP contribution in [0.1, 0.15) is 78.7 Å². The van der Waals surface area contributed by atoms with Crippen molar-refractivity contribution in [2.24, 2.45) is 28.2 Å². The first-order chi connectivity index (χ1) is 57.6. The largest absolute Gasteiger partial charge is 0.493 e. The Morgan fingerprint density at radius 3 is 1.07 bits per heavy atom. The van der Waals surface area contributed by atoms with Crippen LogP contribution >= 0.6 is 0 Å². The molecule has 20 rings (SSSR count). The Morgan fingerprint density at radius 1 is 0.336 bits per heavy atom. The van der Waals surface area contributed by atoms with Gasteiger partial charge in [-0.15, -0.1) is 0 Å². The predicted octanol–water partition coefficient (Wildman–Crippen LogP) is 16.3. The van der Waals surface area contributed by atoms with Crippen LogP contribution in [0, 0.1) is 64.8 Å². The lowest BCUT2D eigenvalue weighted by Gasteiger charge is -2.14. The Hall–Kier alpha value is -14.1. The number of anilines is 5. The maximum absolute atomic E-state index is 14.5. The van der Waals surface area contributed by atoms with Gasteiger partial charge < -0.3 is 45.9 Å². The molecule has 0 fully saturated rings. The number of aryl methyl sites for hydroxylation is 10. The van der Waals surface area contributed by atoms with Crippen molar-refractivity contribution in [3.63, 3.8) is 0 Å². The monoisotopic (exact) mass is 1600 g/mol. The fourth-order valence-corrected chi connectivity index (χ4v) is 16.2. The average molecular weight is 1600 g/mol. The minimum absolute atomic E-state index is 0.230. The number of benzene rings is 4. The summed E-state index contributed by atoms with van der Waals surface area (Å²) in [6.07, 6.45) is 15.4. The number of rotatable bonds is 16. The average Bonchev–Trinajstić information content (AvgIpc) is 1.77. The molecule has 0 saturated heterocycles. The summed E-state index contributed by atoms with van der Waals surface area (Å²) in [5.74, 6) is 5.19. The summed E-state index contributed by atoms with van der Waals surface area (Å²) in [7, 11) is 7.64. The second-order valence-electron chi connectivity index (χ2n) is 29.9. The number of halogens is 4. The third-order valence-electron chi connectivity index (χ3n) is 21.8. The van der Waals surface area contributed by atoms with Crippen molar-refractivity contribution < 1.29 is 36.5 Å². The highest BCUT2D eigenvalue weighted by Crippen LogP contribution is 2.41. The number of hydrogen-bond acceptors (Lipinski definition) is 21. The molecule has 25 nitrogen and oxygen atoms in total. The van der Waals surface area contributed by atoms with E-state index in [0.29, 0.717) is 110 Å². The van der Waals surface area contributed by atoms with Crippen LogP contribution in [0.2, 0.25) is 0 Å². The topological polar surface area (TPSA) is 285 Å². The zero-order chi connectivity index (χ0) is 82.4. The zero-order valence-corrected chi connectivity index (χ0v) is 67.3. The van der Waals surface area contributed by atoms with Gasteiger partial charge in [-0.25, -0.2) is 42.5 Å². The Kier molecular flexibility index (Phi) is 21.2. The Balaban J connectivity index is 0.000000113. The standard InChI is InChI=1S/2C23H22FN5O.C22H21FN6O.C22H20FN5O/c1-13-8-16-18(21-9-14(2)28-29(21)3)11-27-23(19(16)12-25-13)26-10-17-15-6-7-30-22(15)5-4-20(17)24;1-13-4-5-16-22(27-13)18(20-10-14(2)28-29(20)3)12-26-23(16)25-11-17-15-8-9-30-21(15)7-6-19(17)24;1-12-7-19(29(2)28-12)16-10-27-22(17-11-25-21(24)8-14(16)17)26-9-15-13-5-6-30-20(13)4-3-18(15)23;1-13-10-19(28(2)27-13)17-12-26-22(15-4-3-8-24-21(15)17)25-11-16-14-7-9-29-20(14)6-5-18(16)23/h4-5,8-9,11-12H,6-7,10H2,1-3H3,(H,26,27);4-7,10,12H,8-9,11H2,1-3H3,(H,25,26);3-4,7-8,10-11H,5-6,9H2,1-2H3,(H2,24,25)(H,26,27);3-6,8,10,12H,7,9,11H2,1-2H3,(H,25,26). The summed E-state index contributed by atoms with van der Waals surface area (Å²) in [6.45, 7) is 15.4. The van der Waals surface area contributed by atoms with E-state index in [-0.39, 0.29) is 23.3 Å². The van der Waals surface area contributed by atoms with Crippen molar-refractivity contribution in [2.45, 2.75) is 93.4 Å². The molecule has 6 N–H and O–H groups in total. The quantitative estimate of drug-likeness (QED) is 0.0562. The van der Waals surface area contributed by atoms with Gasteiger partial charge in [-0.05, 0) is 156 Å². The summed E-state index contributed by atoms with van der Waals surface area (Å²) in [5, 5.41) is 36.4. The van der Waals surface area contributed by atoms with Gasteiger partial charge in [0, 0.05) is 229 Å². The third kappa shape index (κ3) is 15.5. The van der Waals surface area contributed by atoms with E-state index in [0.717, 1.165) is 187 Å². The Labute approximate surface area is 682 Å². The van der Waals surface area contributed by atoms with Crippen LogP contribution in [0.3, 0.4) is 0 Å². The fourth-order valence-electron chi connectivity index (χ4n) is 16.2. The molecular formula is C90H85F4N21O4. The Bertz CT molecular complexity index is 6180. The highest BCUT2D eigenvalue weighted by atomic mass is 19.1. The number of pyridine rings is 8. The van der Waals surface area contributed by atoms with Crippen LogP contribution < -0.4 is 45.9 Å². The highest BCUT2D eigenvalue weighted by Gasteiger charge is 2.27. The molecule has 0 bridgehead atoms. The van der Waals surface area contributed by atoms with E-state index in [1.54, 1.807) is 49.1 Å². The summed E-state index contributed by atoms with van der Waals surface area (Å²) in [5.41, 5.74) is 27.0. The molecule has 119 heavy (non-hydrogen) atoms. The van der Waals surface area contributed by atoms with Crippen molar-refractivity contribution in [3.05, 3.63) is 255 Å². The zero-order valence-electron chi connectivity index (χ0n) is 67.3.